The molecule has 3 heterocycles. The van der Waals surface area contributed by atoms with Crippen molar-refractivity contribution in [2.24, 2.45) is 0 Å². The lowest BCUT2D eigenvalue weighted by atomic mass is 9.86. The minimum absolute atomic E-state index is 0.133. The summed E-state index contributed by atoms with van der Waals surface area (Å²) in [5.41, 5.74) is 2.36. The number of benzene rings is 1. The number of hydrogen-bond acceptors (Lipinski definition) is 9. The van der Waals surface area contributed by atoms with E-state index < -0.39 is 11.7 Å². The molecule has 0 bridgehead atoms. The summed E-state index contributed by atoms with van der Waals surface area (Å²) in [7, 11) is 4.15. The van der Waals surface area contributed by atoms with E-state index in [1.807, 2.05) is 13.1 Å². The summed E-state index contributed by atoms with van der Waals surface area (Å²) < 4.78 is 46.9. The van der Waals surface area contributed by atoms with E-state index in [1.54, 1.807) is 0 Å². The molecule has 0 spiro atoms. The van der Waals surface area contributed by atoms with Crippen LogP contribution >= 0.6 is 0 Å². The fraction of sp³-hybridized carbons (Fsp3) is 0.676. The minimum atomic E-state index is -4.57. The summed E-state index contributed by atoms with van der Waals surface area (Å²) in [5.74, 6) is 0.422. The van der Waals surface area contributed by atoms with Crippen LogP contribution < -0.4 is 10.6 Å². The van der Waals surface area contributed by atoms with Gasteiger partial charge in [-0.2, -0.15) is 18.2 Å². The molecule has 0 amide bonds. The van der Waals surface area contributed by atoms with Crippen LogP contribution in [0.5, 0.6) is 0 Å². The number of aldehydes is 1. The normalized spacial score (nSPS) is 17.5. The minimum Gasteiger partial charge on any atom is -0.380 e. The molecule has 4 rings (SSSR count). The fourth-order valence-electron chi connectivity index (χ4n) is 6.40. The average Bonchev–Trinajstić information content (AvgIpc) is 3.05. The van der Waals surface area contributed by atoms with Crippen molar-refractivity contribution in [3.8, 4) is 0 Å². The van der Waals surface area contributed by atoms with Crippen molar-refractivity contribution in [1.82, 2.24) is 24.7 Å². The van der Waals surface area contributed by atoms with Gasteiger partial charge in [0, 0.05) is 44.0 Å². The second-order valence-corrected chi connectivity index (χ2v) is 12.7. The first-order valence-electron chi connectivity index (χ1n) is 16.9. The molecule has 12 heteroatoms. The van der Waals surface area contributed by atoms with Gasteiger partial charge in [-0.1, -0.05) is 19.1 Å². The smallest absolute Gasteiger partial charge is 0.380 e. The third-order valence-corrected chi connectivity index (χ3v) is 9.29. The molecule has 256 valence electrons. The van der Waals surface area contributed by atoms with Gasteiger partial charge in [0.2, 0.25) is 5.95 Å². The van der Waals surface area contributed by atoms with Crippen molar-refractivity contribution < 1.29 is 22.7 Å². The molecule has 46 heavy (non-hydrogen) atoms. The van der Waals surface area contributed by atoms with Gasteiger partial charge in [-0.3, -0.25) is 0 Å². The summed E-state index contributed by atoms with van der Waals surface area (Å²) in [6.07, 6.45) is 4.57. The maximum absolute atomic E-state index is 13.8. The number of nitrogens with one attached hydrogen (secondary N) is 2. The van der Waals surface area contributed by atoms with Crippen molar-refractivity contribution in [2.45, 2.75) is 76.4 Å². The Bertz CT molecular complexity index is 1220. The number of carbonyl (C=O) groups excluding carboxylic acids is 1. The fourth-order valence-corrected chi connectivity index (χ4v) is 6.40. The van der Waals surface area contributed by atoms with E-state index in [0.29, 0.717) is 64.1 Å². The summed E-state index contributed by atoms with van der Waals surface area (Å²) in [4.78, 5) is 25.8. The summed E-state index contributed by atoms with van der Waals surface area (Å²) >= 11 is 0. The molecule has 0 atom stereocenters. The maximum Gasteiger partial charge on any atom is 0.421 e. The van der Waals surface area contributed by atoms with E-state index in [0.717, 1.165) is 56.1 Å². The van der Waals surface area contributed by atoms with E-state index in [9.17, 15) is 18.0 Å². The summed E-state index contributed by atoms with van der Waals surface area (Å²) in [6, 6.07) is 7.12. The predicted molar refractivity (Wildman–Crippen MR) is 177 cm³/mol. The zero-order valence-corrected chi connectivity index (χ0v) is 27.7. The van der Waals surface area contributed by atoms with Gasteiger partial charge in [0.05, 0.1) is 6.61 Å². The van der Waals surface area contributed by atoms with Gasteiger partial charge in [0.25, 0.3) is 0 Å². The number of carbonyl (C=O) groups is 1. The van der Waals surface area contributed by atoms with Crippen LogP contribution in [0.4, 0.5) is 30.6 Å². The SMILES string of the molecule is CCc1cc(C2CCN(C3CCN(C)CC3)CC2)ccc1Nc1ncc(C(F)(F)F)c(NCCCN(C)CCOCCCC=O)n1. The van der Waals surface area contributed by atoms with E-state index in [1.165, 1.54) is 31.5 Å². The Kier molecular flexibility index (Phi) is 14.1. The molecule has 2 aromatic rings. The van der Waals surface area contributed by atoms with Crippen LogP contribution in [0.3, 0.4) is 0 Å². The van der Waals surface area contributed by atoms with Crippen molar-refractivity contribution in [1.29, 1.82) is 0 Å². The van der Waals surface area contributed by atoms with Crippen LogP contribution in [0.25, 0.3) is 0 Å². The molecule has 1 aromatic heterocycles. The zero-order valence-electron chi connectivity index (χ0n) is 27.7. The van der Waals surface area contributed by atoms with Crippen molar-refractivity contribution in [3.05, 3.63) is 41.1 Å². The Balaban J connectivity index is 1.31. The van der Waals surface area contributed by atoms with Gasteiger partial charge in [-0.05, 0) is 115 Å². The molecule has 2 saturated heterocycles. The van der Waals surface area contributed by atoms with Crippen LogP contribution in [0, 0.1) is 0 Å². The molecular formula is C34H52F3N7O2. The molecule has 1 aromatic carbocycles. The number of rotatable bonds is 17. The third kappa shape index (κ3) is 10.9. The molecule has 2 aliphatic heterocycles. The van der Waals surface area contributed by atoms with Crippen LogP contribution in [0.15, 0.2) is 24.4 Å². The molecule has 2 N–H and O–H groups in total. The third-order valence-electron chi connectivity index (χ3n) is 9.29. The molecule has 2 fully saturated rings. The van der Waals surface area contributed by atoms with Gasteiger partial charge in [0.15, 0.2) is 0 Å². The van der Waals surface area contributed by atoms with Gasteiger partial charge in [-0.25, -0.2) is 4.98 Å². The van der Waals surface area contributed by atoms with Crippen molar-refractivity contribution in [2.75, 3.05) is 83.8 Å². The summed E-state index contributed by atoms with van der Waals surface area (Å²) in [6.45, 7) is 9.51. The first-order chi connectivity index (χ1) is 22.2. The number of alkyl halides is 3. The number of hydrogen-bond donors (Lipinski definition) is 2. The highest BCUT2D eigenvalue weighted by Gasteiger charge is 2.35. The van der Waals surface area contributed by atoms with Gasteiger partial charge >= 0.3 is 6.18 Å². The topological polar surface area (TPSA) is 85.9 Å². The largest absolute Gasteiger partial charge is 0.421 e. The van der Waals surface area contributed by atoms with E-state index in [2.05, 4.69) is 61.4 Å². The Morgan fingerprint density at radius 3 is 2.52 bits per heavy atom. The highest BCUT2D eigenvalue weighted by atomic mass is 19.4. The number of halogens is 3. The van der Waals surface area contributed by atoms with Gasteiger partial charge in [0.1, 0.15) is 17.7 Å². The maximum atomic E-state index is 13.8. The summed E-state index contributed by atoms with van der Waals surface area (Å²) in [5, 5.41) is 6.09. The molecule has 0 radical (unpaired) electrons. The predicted octanol–water partition coefficient (Wildman–Crippen LogP) is 5.80. The number of ether oxygens (including phenoxy) is 1. The first kappa shape index (κ1) is 36.0. The van der Waals surface area contributed by atoms with E-state index >= 15 is 0 Å². The lowest BCUT2D eigenvalue weighted by molar-refractivity contribution is -0.137. The number of nitrogens with zero attached hydrogens (tertiary/aromatic N) is 5. The molecular weight excluding hydrogens is 595 g/mol. The second kappa shape index (κ2) is 17.9. The monoisotopic (exact) mass is 647 g/mol. The highest BCUT2D eigenvalue weighted by Crippen LogP contribution is 2.36. The Morgan fingerprint density at radius 2 is 1.83 bits per heavy atom. The van der Waals surface area contributed by atoms with Gasteiger partial charge in [-0.15, -0.1) is 0 Å². The Morgan fingerprint density at radius 1 is 1.07 bits per heavy atom. The molecule has 0 aliphatic carbocycles. The molecule has 0 saturated carbocycles. The lowest BCUT2D eigenvalue weighted by Gasteiger charge is -2.41. The number of likely N-dealkylation sites (tertiary alicyclic amines) is 2. The lowest BCUT2D eigenvalue weighted by Crippen LogP contribution is -2.46. The van der Waals surface area contributed by atoms with Crippen molar-refractivity contribution >= 4 is 23.7 Å². The molecule has 2 aliphatic rings. The van der Waals surface area contributed by atoms with Gasteiger partial charge < -0.3 is 34.9 Å². The standard InChI is InChI=1S/C34H52F3N7O2/c1-4-26-24-28(27-10-18-44(19-11-27)29-12-16-43(3)17-13-29)8-9-31(26)40-33-39-25-30(34(35,36)37)32(41-33)38-14-7-15-42(2)20-23-46-22-6-5-21-45/h8-9,21,24-25,27,29H,4-7,10-20,22-23H2,1-3H3,(H2,38,39,40,41). The van der Waals surface area contributed by atoms with Crippen LogP contribution in [-0.4, -0.2) is 110 Å². The van der Waals surface area contributed by atoms with E-state index in [4.69, 9.17) is 4.74 Å². The van der Waals surface area contributed by atoms with E-state index in [-0.39, 0.29) is 11.8 Å². The number of aryl methyl sites for hydroxylation is 1. The zero-order chi connectivity index (χ0) is 32.9. The number of unbranched alkanes of at least 4 members (excludes halogenated alkanes) is 1. The average molecular weight is 648 g/mol. The van der Waals surface area contributed by atoms with Crippen LogP contribution in [0.2, 0.25) is 0 Å². The second-order valence-electron chi connectivity index (χ2n) is 12.7. The van der Waals surface area contributed by atoms with Crippen LogP contribution in [-0.2, 0) is 22.1 Å². The molecule has 0 unspecified atom stereocenters. The number of piperidine rings is 2. The van der Waals surface area contributed by atoms with Crippen LogP contribution in [0.1, 0.15) is 74.5 Å². The highest BCUT2D eigenvalue weighted by molar-refractivity contribution is 5.61. The quantitative estimate of drug-likeness (QED) is 0.163. The number of anilines is 3. The Hall–Kier alpha value is -2.80. The number of likely N-dealkylation sites (N-methyl/N-ethyl adjacent to an activating group) is 1. The first-order valence-corrected chi connectivity index (χ1v) is 16.9. The van der Waals surface area contributed by atoms with Crippen molar-refractivity contribution in [3.63, 3.8) is 0 Å². The number of aromatic nitrogens is 2. The molecule has 9 nitrogen and oxygen atoms in total. The Labute approximate surface area is 272 Å².